The van der Waals surface area contributed by atoms with E-state index in [-0.39, 0.29) is 6.61 Å². The molecule has 2 rings (SSSR count). The molecular formula is C14H15NO3S. The maximum absolute atomic E-state index is 10.9. The van der Waals surface area contributed by atoms with Crippen LogP contribution in [0.25, 0.3) is 0 Å². The Labute approximate surface area is 115 Å². The summed E-state index contributed by atoms with van der Waals surface area (Å²) in [4.78, 5) is 11.3. The third-order valence-electron chi connectivity index (χ3n) is 2.79. The second-order valence-electron chi connectivity index (χ2n) is 4.16. The van der Waals surface area contributed by atoms with E-state index in [2.05, 4.69) is 5.32 Å². The van der Waals surface area contributed by atoms with E-state index in [4.69, 9.17) is 10.2 Å². The minimum atomic E-state index is -0.876. The Bertz CT molecular complexity index is 548. The molecule has 0 aliphatic rings. The number of hydrogen-bond donors (Lipinski definition) is 3. The lowest BCUT2D eigenvalue weighted by Gasteiger charge is -2.05. The molecule has 0 unspecified atom stereocenters. The average molecular weight is 277 g/mol. The third kappa shape index (κ3) is 3.64. The van der Waals surface area contributed by atoms with Crippen LogP contribution in [0.5, 0.6) is 0 Å². The summed E-state index contributed by atoms with van der Waals surface area (Å²) in [6.45, 7) is 1.25. The first-order valence-electron chi connectivity index (χ1n) is 5.89. The summed E-state index contributed by atoms with van der Waals surface area (Å²) in [7, 11) is 0. The smallest absolute Gasteiger partial charge is 0.346 e. The molecule has 0 saturated carbocycles. The first-order chi connectivity index (χ1) is 9.20. The highest BCUT2D eigenvalue weighted by molar-refractivity contribution is 7.12. The van der Waals surface area contributed by atoms with Gasteiger partial charge in [-0.05, 0) is 28.1 Å². The molecule has 0 radical (unpaired) electrons. The van der Waals surface area contributed by atoms with Crippen LogP contribution in [0.15, 0.2) is 35.7 Å². The SMILES string of the molecule is O=C(O)c1sccc1CNCc1ccc(CO)cc1. The normalized spacial score (nSPS) is 10.6. The van der Waals surface area contributed by atoms with Crippen LogP contribution in [0, 0.1) is 0 Å². The molecule has 0 aliphatic heterocycles. The Hall–Kier alpha value is -1.69. The zero-order valence-electron chi connectivity index (χ0n) is 10.3. The lowest BCUT2D eigenvalue weighted by atomic mass is 10.1. The minimum absolute atomic E-state index is 0.0462. The number of aromatic carboxylic acids is 1. The first-order valence-corrected chi connectivity index (χ1v) is 6.77. The molecule has 3 N–H and O–H groups in total. The maximum atomic E-state index is 10.9. The lowest BCUT2D eigenvalue weighted by Crippen LogP contribution is -2.14. The van der Waals surface area contributed by atoms with Gasteiger partial charge in [-0.25, -0.2) is 4.79 Å². The van der Waals surface area contributed by atoms with Crippen LogP contribution in [0.2, 0.25) is 0 Å². The maximum Gasteiger partial charge on any atom is 0.346 e. The van der Waals surface area contributed by atoms with E-state index in [1.54, 1.807) is 5.38 Å². The number of hydrogen-bond acceptors (Lipinski definition) is 4. The van der Waals surface area contributed by atoms with Crippen LogP contribution in [0.4, 0.5) is 0 Å². The number of carbonyl (C=O) groups is 1. The summed E-state index contributed by atoms with van der Waals surface area (Å²) < 4.78 is 0. The monoisotopic (exact) mass is 277 g/mol. The van der Waals surface area contributed by atoms with E-state index in [9.17, 15) is 4.79 Å². The molecule has 1 aromatic heterocycles. The van der Waals surface area contributed by atoms with Crippen molar-refractivity contribution in [2.45, 2.75) is 19.7 Å². The van der Waals surface area contributed by atoms with Gasteiger partial charge >= 0.3 is 5.97 Å². The highest BCUT2D eigenvalue weighted by Crippen LogP contribution is 2.16. The molecule has 1 heterocycles. The fraction of sp³-hybridized carbons (Fsp3) is 0.214. The molecule has 1 aromatic carbocycles. The fourth-order valence-corrected chi connectivity index (χ4v) is 2.53. The average Bonchev–Trinajstić information content (AvgIpc) is 2.88. The molecule has 0 bridgehead atoms. The predicted molar refractivity (Wildman–Crippen MR) is 74.2 cm³/mol. The molecule has 0 fully saturated rings. The molecule has 0 saturated heterocycles. The molecule has 100 valence electrons. The fourth-order valence-electron chi connectivity index (χ4n) is 1.77. The van der Waals surface area contributed by atoms with Gasteiger partial charge in [-0.1, -0.05) is 24.3 Å². The number of benzene rings is 1. The van der Waals surface area contributed by atoms with Crippen LogP contribution < -0.4 is 5.32 Å². The van der Waals surface area contributed by atoms with E-state index in [1.165, 1.54) is 11.3 Å². The number of carboxylic acids is 1. The van der Waals surface area contributed by atoms with Gasteiger partial charge in [0.25, 0.3) is 0 Å². The summed E-state index contributed by atoms with van der Waals surface area (Å²) >= 11 is 1.24. The third-order valence-corrected chi connectivity index (χ3v) is 3.74. The topological polar surface area (TPSA) is 69.6 Å². The number of aliphatic hydroxyl groups excluding tert-OH is 1. The molecule has 19 heavy (non-hydrogen) atoms. The Morgan fingerprint density at radius 3 is 2.42 bits per heavy atom. The van der Waals surface area contributed by atoms with Crippen LogP contribution in [0.3, 0.4) is 0 Å². The number of rotatable bonds is 6. The molecular weight excluding hydrogens is 262 g/mol. The van der Waals surface area contributed by atoms with E-state index in [0.29, 0.717) is 18.0 Å². The summed E-state index contributed by atoms with van der Waals surface area (Å²) in [5.41, 5.74) is 2.79. The minimum Gasteiger partial charge on any atom is -0.477 e. The molecule has 2 aromatic rings. The van der Waals surface area contributed by atoms with Gasteiger partial charge in [0.05, 0.1) is 6.61 Å². The number of nitrogens with one attached hydrogen (secondary N) is 1. The summed E-state index contributed by atoms with van der Waals surface area (Å²) in [6.07, 6.45) is 0. The van der Waals surface area contributed by atoms with Crippen molar-refractivity contribution in [1.29, 1.82) is 0 Å². The van der Waals surface area contributed by atoms with Crippen molar-refractivity contribution >= 4 is 17.3 Å². The van der Waals surface area contributed by atoms with Crippen molar-refractivity contribution in [3.63, 3.8) is 0 Å². The van der Waals surface area contributed by atoms with Gasteiger partial charge in [0.2, 0.25) is 0 Å². The molecule has 0 atom stereocenters. The van der Waals surface area contributed by atoms with Crippen molar-refractivity contribution in [3.8, 4) is 0 Å². The summed E-state index contributed by atoms with van der Waals surface area (Å²) in [5.74, 6) is -0.876. The lowest BCUT2D eigenvalue weighted by molar-refractivity contribution is 0.0701. The molecule has 5 heteroatoms. The molecule has 4 nitrogen and oxygen atoms in total. The number of thiophene rings is 1. The second-order valence-corrected chi connectivity index (χ2v) is 5.07. The van der Waals surface area contributed by atoms with Gasteiger partial charge < -0.3 is 15.5 Å². The van der Waals surface area contributed by atoms with E-state index < -0.39 is 5.97 Å². The molecule has 0 amide bonds. The van der Waals surface area contributed by atoms with Crippen LogP contribution in [0.1, 0.15) is 26.4 Å². The van der Waals surface area contributed by atoms with Gasteiger partial charge in [-0.3, -0.25) is 0 Å². The quantitative estimate of drug-likeness (QED) is 0.757. The van der Waals surface area contributed by atoms with Crippen molar-refractivity contribution in [3.05, 3.63) is 57.3 Å². The van der Waals surface area contributed by atoms with E-state index >= 15 is 0 Å². The van der Waals surface area contributed by atoms with E-state index in [0.717, 1.165) is 16.7 Å². The first kappa shape index (κ1) is 13.7. The van der Waals surface area contributed by atoms with Gasteiger partial charge in [0.1, 0.15) is 4.88 Å². The van der Waals surface area contributed by atoms with Crippen molar-refractivity contribution in [1.82, 2.24) is 5.32 Å². The van der Waals surface area contributed by atoms with Crippen LogP contribution >= 0.6 is 11.3 Å². The number of carboxylic acid groups (broad SMARTS) is 1. The molecule has 0 spiro atoms. The van der Waals surface area contributed by atoms with E-state index in [1.807, 2.05) is 30.3 Å². The van der Waals surface area contributed by atoms with Gasteiger partial charge in [-0.2, -0.15) is 0 Å². The van der Waals surface area contributed by atoms with Gasteiger partial charge in [0, 0.05) is 13.1 Å². The van der Waals surface area contributed by atoms with Crippen LogP contribution in [-0.2, 0) is 19.7 Å². The zero-order chi connectivity index (χ0) is 13.7. The Morgan fingerprint density at radius 1 is 1.11 bits per heavy atom. The highest BCUT2D eigenvalue weighted by Gasteiger charge is 2.10. The van der Waals surface area contributed by atoms with Crippen molar-refractivity contribution < 1.29 is 15.0 Å². The van der Waals surface area contributed by atoms with Crippen LogP contribution in [-0.4, -0.2) is 16.2 Å². The van der Waals surface area contributed by atoms with Gasteiger partial charge in [0.15, 0.2) is 0 Å². The second kappa shape index (κ2) is 6.47. The largest absolute Gasteiger partial charge is 0.477 e. The predicted octanol–water partition coefficient (Wildman–Crippen LogP) is 2.23. The number of aliphatic hydroxyl groups is 1. The summed E-state index contributed by atoms with van der Waals surface area (Å²) in [5, 5.41) is 22.9. The zero-order valence-corrected chi connectivity index (χ0v) is 11.1. The Morgan fingerprint density at radius 2 is 1.79 bits per heavy atom. The summed E-state index contributed by atoms with van der Waals surface area (Å²) in [6, 6.07) is 9.49. The Kier molecular flexibility index (Phi) is 4.68. The standard InChI is InChI=1S/C14H15NO3S/c16-9-11-3-1-10(2-4-11)7-15-8-12-5-6-19-13(12)14(17)18/h1-6,15-16H,7-9H2,(H,17,18). The van der Waals surface area contributed by atoms with Crippen molar-refractivity contribution in [2.75, 3.05) is 0 Å². The van der Waals surface area contributed by atoms with Crippen molar-refractivity contribution in [2.24, 2.45) is 0 Å². The Balaban J connectivity index is 1.89. The van der Waals surface area contributed by atoms with Gasteiger partial charge in [-0.15, -0.1) is 11.3 Å². The molecule has 0 aliphatic carbocycles. The highest BCUT2D eigenvalue weighted by atomic mass is 32.1.